The second-order valence-corrected chi connectivity index (χ2v) is 6.24. The number of benzene rings is 1. The first-order valence-corrected chi connectivity index (χ1v) is 7.81. The molecule has 0 amide bonds. The fourth-order valence-corrected chi connectivity index (χ4v) is 3.22. The minimum atomic E-state index is 0.531. The molecule has 0 radical (unpaired) electrons. The van der Waals surface area contributed by atoms with Gasteiger partial charge in [-0.1, -0.05) is 6.92 Å². The van der Waals surface area contributed by atoms with E-state index in [-0.39, 0.29) is 0 Å². The molecule has 5 heteroatoms. The average Bonchev–Trinajstić information content (AvgIpc) is 2.26. The minimum Gasteiger partial charge on any atom is -0.490 e. The molecule has 2 nitrogen and oxygen atoms in total. The van der Waals surface area contributed by atoms with Gasteiger partial charge in [-0.25, -0.2) is 0 Å². The summed E-state index contributed by atoms with van der Waals surface area (Å²) in [5.74, 6) is 2.99. The largest absolute Gasteiger partial charge is 0.490 e. The van der Waals surface area contributed by atoms with Crippen molar-refractivity contribution >= 4 is 43.6 Å². The predicted octanol–water partition coefficient (Wildman–Crippen LogP) is 3.80. The summed E-state index contributed by atoms with van der Waals surface area (Å²) >= 11 is 8.85. The molecule has 1 rings (SSSR count). The summed E-state index contributed by atoms with van der Waals surface area (Å²) in [6.07, 6.45) is 0. The van der Waals surface area contributed by atoms with E-state index in [0.29, 0.717) is 6.54 Å². The number of nitrogens with two attached hydrogens (primary N) is 1. The van der Waals surface area contributed by atoms with Gasteiger partial charge < -0.3 is 10.5 Å². The van der Waals surface area contributed by atoms with Gasteiger partial charge in [-0.2, -0.15) is 11.8 Å². The molecule has 0 unspecified atom stereocenters. The summed E-state index contributed by atoms with van der Waals surface area (Å²) in [5, 5.41) is 0. The second-order valence-electron chi connectivity index (χ2n) is 3.14. The number of hydrogen-bond acceptors (Lipinski definition) is 3. The Bertz CT molecular complexity index is 324. The number of ether oxygens (including phenoxy) is 1. The SMILES string of the molecule is CCSCCOc1c(Br)cc(CN)cc1Br. The molecule has 0 fully saturated rings. The normalized spacial score (nSPS) is 10.5. The molecule has 0 bridgehead atoms. The highest BCUT2D eigenvalue weighted by molar-refractivity contribution is 9.11. The van der Waals surface area contributed by atoms with Crippen molar-refractivity contribution < 1.29 is 4.74 Å². The molecule has 0 spiro atoms. The van der Waals surface area contributed by atoms with Crippen molar-refractivity contribution in [3.8, 4) is 5.75 Å². The molecule has 2 N–H and O–H groups in total. The Hall–Kier alpha value is 0.290. The summed E-state index contributed by atoms with van der Waals surface area (Å²) in [5.41, 5.74) is 6.67. The van der Waals surface area contributed by atoms with Gasteiger partial charge >= 0.3 is 0 Å². The van der Waals surface area contributed by atoms with E-state index >= 15 is 0 Å². The van der Waals surface area contributed by atoms with Gasteiger partial charge in [0.1, 0.15) is 5.75 Å². The van der Waals surface area contributed by atoms with Crippen molar-refractivity contribution in [2.75, 3.05) is 18.1 Å². The van der Waals surface area contributed by atoms with Gasteiger partial charge in [-0.15, -0.1) is 0 Å². The van der Waals surface area contributed by atoms with E-state index in [2.05, 4.69) is 38.8 Å². The lowest BCUT2D eigenvalue weighted by Crippen LogP contribution is -2.03. The summed E-state index contributed by atoms with van der Waals surface area (Å²) in [7, 11) is 0. The maximum atomic E-state index is 5.71. The first kappa shape index (κ1) is 14.4. The van der Waals surface area contributed by atoms with Crippen LogP contribution >= 0.6 is 43.6 Å². The second kappa shape index (κ2) is 7.58. The van der Waals surface area contributed by atoms with Gasteiger partial charge in [0.05, 0.1) is 15.6 Å². The Labute approximate surface area is 118 Å². The van der Waals surface area contributed by atoms with Crippen LogP contribution in [0.25, 0.3) is 0 Å². The van der Waals surface area contributed by atoms with Gasteiger partial charge in [0.15, 0.2) is 0 Å². The molecule has 0 aliphatic carbocycles. The van der Waals surface area contributed by atoms with Gasteiger partial charge in [0.2, 0.25) is 0 Å². The smallest absolute Gasteiger partial charge is 0.147 e. The minimum absolute atomic E-state index is 0.531. The molecule has 1 aromatic carbocycles. The van der Waals surface area contributed by atoms with Gasteiger partial charge in [-0.05, 0) is 55.3 Å². The third kappa shape index (κ3) is 4.28. The van der Waals surface area contributed by atoms with Crippen LogP contribution in [0.5, 0.6) is 5.75 Å². The van der Waals surface area contributed by atoms with E-state index in [1.165, 1.54) is 0 Å². The van der Waals surface area contributed by atoms with Crippen LogP contribution in [0.3, 0.4) is 0 Å². The summed E-state index contributed by atoms with van der Waals surface area (Å²) < 4.78 is 7.61. The highest BCUT2D eigenvalue weighted by Crippen LogP contribution is 2.34. The third-order valence-corrected chi connectivity index (χ3v) is 4.01. The summed E-state index contributed by atoms with van der Waals surface area (Å²) in [6, 6.07) is 3.99. The van der Waals surface area contributed by atoms with Crippen molar-refractivity contribution in [3.05, 3.63) is 26.6 Å². The molecule has 0 heterocycles. The fraction of sp³-hybridized carbons (Fsp3) is 0.455. The van der Waals surface area contributed by atoms with E-state index in [4.69, 9.17) is 10.5 Å². The Balaban J connectivity index is 2.65. The molecule has 1 aromatic rings. The topological polar surface area (TPSA) is 35.2 Å². The molecule has 0 aliphatic heterocycles. The van der Waals surface area contributed by atoms with Gasteiger partial charge in [0.25, 0.3) is 0 Å². The van der Waals surface area contributed by atoms with Crippen LogP contribution in [-0.4, -0.2) is 18.1 Å². The molecular weight excluding hydrogens is 354 g/mol. The lowest BCUT2D eigenvalue weighted by molar-refractivity contribution is 0.339. The quantitative estimate of drug-likeness (QED) is 0.775. The highest BCUT2D eigenvalue weighted by Gasteiger charge is 2.08. The maximum Gasteiger partial charge on any atom is 0.147 e. The highest BCUT2D eigenvalue weighted by atomic mass is 79.9. The van der Waals surface area contributed by atoms with Crippen molar-refractivity contribution in [1.29, 1.82) is 0 Å². The van der Waals surface area contributed by atoms with Crippen LogP contribution in [0.1, 0.15) is 12.5 Å². The van der Waals surface area contributed by atoms with Crippen LogP contribution in [0.4, 0.5) is 0 Å². The molecule has 0 saturated heterocycles. The lowest BCUT2D eigenvalue weighted by Gasteiger charge is -2.11. The van der Waals surface area contributed by atoms with Crippen LogP contribution in [0.15, 0.2) is 21.1 Å². The fourth-order valence-electron chi connectivity index (χ4n) is 1.22. The van der Waals surface area contributed by atoms with E-state index in [1.54, 1.807) is 0 Å². The predicted molar refractivity (Wildman–Crippen MR) is 78.2 cm³/mol. The Kier molecular flexibility index (Phi) is 6.80. The summed E-state index contributed by atoms with van der Waals surface area (Å²) in [6.45, 7) is 3.40. The Morgan fingerprint density at radius 2 is 1.94 bits per heavy atom. The molecule has 0 saturated carbocycles. The number of rotatable bonds is 6. The van der Waals surface area contributed by atoms with Crippen molar-refractivity contribution in [2.24, 2.45) is 5.73 Å². The number of hydrogen-bond donors (Lipinski definition) is 1. The van der Waals surface area contributed by atoms with Gasteiger partial charge in [-0.3, -0.25) is 0 Å². The standard InChI is InChI=1S/C11H15Br2NOS/c1-2-16-4-3-15-11-9(12)5-8(7-14)6-10(11)13/h5-6H,2-4,7,14H2,1H3. The van der Waals surface area contributed by atoms with Crippen molar-refractivity contribution in [2.45, 2.75) is 13.5 Å². The maximum absolute atomic E-state index is 5.71. The molecule has 0 atom stereocenters. The molecule has 16 heavy (non-hydrogen) atoms. The molecule has 0 aromatic heterocycles. The summed E-state index contributed by atoms with van der Waals surface area (Å²) in [4.78, 5) is 0. The number of halogens is 2. The first-order valence-electron chi connectivity index (χ1n) is 5.07. The van der Waals surface area contributed by atoms with E-state index < -0.39 is 0 Å². The molecule has 90 valence electrons. The van der Waals surface area contributed by atoms with Crippen molar-refractivity contribution in [3.63, 3.8) is 0 Å². The van der Waals surface area contributed by atoms with Crippen LogP contribution < -0.4 is 10.5 Å². The zero-order valence-electron chi connectivity index (χ0n) is 9.13. The van der Waals surface area contributed by atoms with Crippen LogP contribution in [0.2, 0.25) is 0 Å². The van der Waals surface area contributed by atoms with Crippen LogP contribution in [0, 0.1) is 0 Å². The van der Waals surface area contributed by atoms with Gasteiger partial charge in [0, 0.05) is 12.3 Å². The van der Waals surface area contributed by atoms with Crippen molar-refractivity contribution in [1.82, 2.24) is 0 Å². The monoisotopic (exact) mass is 367 g/mol. The Morgan fingerprint density at radius 1 is 1.31 bits per heavy atom. The first-order chi connectivity index (χ1) is 7.69. The number of thioether (sulfide) groups is 1. The zero-order valence-corrected chi connectivity index (χ0v) is 13.1. The average molecular weight is 369 g/mol. The van der Waals surface area contributed by atoms with Crippen LogP contribution in [-0.2, 0) is 6.54 Å². The van der Waals surface area contributed by atoms with E-state index in [1.807, 2.05) is 23.9 Å². The van der Waals surface area contributed by atoms with E-state index in [9.17, 15) is 0 Å². The molecule has 0 aliphatic rings. The Morgan fingerprint density at radius 3 is 2.44 bits per heavy atom. The lowest BCUT2D eigenvalue weighted by atomic mass is 10.2. The zero-order chi connectivity index (χ0) is 12.0. The molecular formula is C11H15Br2NOS. The van der Waals surface area contributed by atoms with E-state index in [0.717, 1.165) is 38.4 Å². The third-order valence-electron chi connectivity index (χ3n) is 1.97.